The molecule has 1 heteroatoms. The van der Waals surface area contributed by atoms with Gasteiger partial charge < -0.3 is 0 Å². The average molecular weight is 190 g/mol. The van der Waals surface area contributed by atoms with Crippen LogP contribution in [-0.4, -0.2) is 0 Å². The molecule has 0 saturated heterocycles. The van der Waals surface area contributed by atoms with Gasteiger partial charge in [-0.05, 0) is 24.1 Å². The molecule has 0 aliphatic carbocycles. The number of halogens is 1. The van der Waals surface area contributed by atoms with Crippen LogP contribution in [0.15, 0.2) is 73.2 Å². The van der Waals surface area contributed by atoms with Gasteiger partial charge in [-0.3, -0.25) is 0 Å². The Bertz CT molecular complexity index is 293. The lowest BCUT2D eigenvalue weighted by atomic mass is 10.1. The summed E-state index contributed by atoms with van der Waals surface area (Å²) < 4.78 is 12.3. The lowest BCUT2D eigenvalue weighted by molar-refractivity contribution is 0.671. The zero-order chi connectivity index (χ0) is 11.1. The molecule has 0 saturated carbocycles. The van der Waals surface area contributed by atoms with Gasteiger partial charge >= 0.3 is 0 Å². The molecule has 0 aromatic heterocycles. The van der Waals surface area contributed by atoms with E-state index in [0.717, 1.165) is 11.1 Å². The minimum absolute atomic E-state index is 0.497. The largest absolute Gasteiger partial charge is 0.208 e. The van der Waals surface area contributed by atoms with Gasteiger partial charge in [0, 0.05) is 0 Å². The van der Waals surface area contributed by atoms with Crippen molar-refractivity contribution >= 4 is 0 Å². The highest BCUT2D eigenvalue weighted by molar-refractivity contribution is 5.44. The highest BCUT2D eigenvalue weighted by Gasteiger charge is 1.91. The fourth-order valence-electron chi connectivity index (χ4n) is 0.648. The normalized spacial score (nSPS) is 10.7. The molecule has 0 aliphatic heterocycles. The van der Waals surface area contributed by atoms with Gasteiger partial charge in [0.25, 0.3) is 0 Å². The Morgan fingerprint density at radius 3 is 1.64 bits per heavy atom. The predicted molar refractivity (Wildman–Crippen MR) is 61.6 cm³/mol. The van der Waals surface area contributed by atoms with Crippen LogP contribution in [0.2, 0.25) is 0 Å². The summed E-state index contributed by atoms with van der Waals surface area (Å²) in [5.41, 5.74) is 2.31. The first-order valence-corrected chi connectivity index (χ1v) is 4.17. The highest BCUT2D eigenvalue weighted by Crippen LogP contribution is 2.10. The molecule has 0 bridgehead atoms. The van der Waals surface area contributed by atoms with Gasteiger partial charge in [-0.2, -0.15) is 0 Å². The molecule has 0 amide bonds. The molecular formula is C13H15F. The van der Waals surface area contributed by atoms with Crippen LogP contribution >= 0.6 is 0 Å². The van der Waals surface area contributed by atoms with Gasteiger partial charge in [0.1, 0.15) is 5.83 Å². The quantitative estimate of drug-likeness (QED) is 0.568. The second-order valence-corrected chi connectivity index (χ2v) is 3.01. The molecule has 0 heterocycles. The third-order valence-electron chi connectivity index (χ3n) is 1.45. The van der Waals surface area contributed by atoms with Crippen molar-refractivity contribution in [2.45, 2.75) is 6.92 Å². The van der Waals surface area contributed by atoms with Crippen molar-refractivity contribution in [1.29, 1.82) is 0 Å². The zero-order valence-corrected chi connectivity index (χ0v) is 8.52. The standard InChI is InChI=1S/C13H15F/c1-10(2)6-7-11(3)12(4)8-9-13(5)14/h6-9H,1,3-5H2,2H3/b7-6-,9-8-. The van der Waals surface area contributed by atoms with Crippen molar-refractivity contribution in [2.24, 2.45) is 0 Å². The average Bonchev–Trinajstić information content (AvgIpc) is 2.09. The zero-order valence-electron chi connectivity index (χ0n) is 8.52. The Morgan fingerprint density at radius 1 is 0.857 bits per heavy atom. The van der Waals surface area contributed by atoms with Crippen molar-refractivity contribution in [3.63, 3.8) is 0 Å². The molecule has 0 rings (SSSR count). The summed E-state index contributed by atoms with van der Waals surface area (Å²) in [5.74, 6) is -0.497. The van der Waals surface area contributed by atoms with E-state index in [1.165, 1.54) is 12.2 Å². The van der Waals surface area contributed by atoms with E-state index in [-0.39, 0.29) is 0 Å². The summed E-state index contributed by atoms with van der Waals surface area (Å²) in [6, 6.07) is 0. The SMILES string of the molecule is C=C(C)/C=C\C(=C)C(=C)/C=C\C(=C)F. The lowest BCUT2D eigenvalue weighted by Gasteiger charge is -1.97. The molecule has 0 N–H and O–H groups in total. The van der Waals surface area contributed by atoms with Crippen molar-refractivity contribution in [3.8, 4) is 0 Å². The summed E-state index contributed by atoms with van der Waals surface area (Å²) in [6.45, 7) is 16.2. The smallest absolute Gasteiger partial charge is 0.116 e. The molecule has 0 nitrogen and oxygen atoms in total. The molecule has 14 heavy (non-hydrogen) atoms. The predicted octanol–water partition coefficient (Wildman–Crippen LogP) is 4.27. The van der Waals surface area contributed by atoms with Gasteiger partial charge in [-0.25, -0.2) is 4.39 Å². The summed E-state index contributed by atoms with van der Waals surface area (Å²) in [5, 5.41) is 0. The Balaban J connectivity index is 4.35. The third-order valence-corrected chi connectivity index (χ3v) is 1.45. The van der Waals surface area contributed by atoms with E-state index in [4.69, 9.17) is 0 Å². The number of rotatable bonds is 5. The number of allylic oxidation sites excluding steroid dienone is 8. The number of hydrogen-bond acceptors (Lipinski definition) is 0. The van der Waals surface area contributed by atoms with E-state index in [1.54, 1.807) is 6.08 Å². The monoisotopic (exact) mass is 190 g/mol. The Labute approximate surface area is 85.1 Å². The van der Waals surface area contributed by atoms with Gasteiger partial charge in [0.2, 0.25) is 0 Å². The molecule has 74 valence electrons. The van der Waals surface area contributed by atoms with Gasteiger partial charge in [0.15, 0.2) is 0 Å². The van der Waals surface area contributed by atoms with Crippen LogP contribution in [0, 0.1) is 0 Å². The fraction of sp³-hybridized carbons (Fsp3) is 0.0769. The van der Waals surface area contributed by atoms with E-state index >= 15 is 0 Å². The molecule has 0 unspecified atom stereocenters. The second-order valence-electron chi connectivity index (χ2n) is 3.01. The van der Waals surface area contributed by atoms with Crippen molar-refractivity contribution in [1.82, 2.24) is 0 Å². The highest BCUT2D eigenvalue weighted by atomic mass is 19.1. The summed E-state index contributed by atoms with van der Waals surface area (Å²) in [4.78, 5) is 0. The third kappa shape index (κ3) is 5.95. The molecule has 0 radical (unpaired) electrons. The maximum atomic E-state index is 12.3. The molecule has 0 spiro atoms. The summed E-state index contributed by atoms with van der Waals surface area (Å²) in [7, 11) is 0. The van der Waals surface area contributed by atoms with Crippen molar-refractivity contribution in [3.05, 3.63) is 73.2 Å². The molecule has 0 aliphatic rings. The maximum absolute atomic E-state index is 12.3. The second kappa shape index (κ2) is 5.92. The molecule has 0 atom stereocenters. The Hall–Kier alpha value is -1.63. The van der Waals surface area contributed by atoms with Crippen LogP contribution in [0.1, 0.15) is 6.92 Å². The van der Waals surface area contributed by atoms with E-state index in [0.29, 0.717) is 5.57 Å². The number of hydrogen-bond donors (Lipinski definition) is 0. The van der Waals surface area contributed by atoms with Crippen LogP contribution in [0.5, 0.6) is 0 Å². The lowest BCUT2D eigenvalue weighted by Crippen LogP contribution is -1.78. The fourth-order valence-corrected chi connectivity index (χ4v) is 0.648. The van der Waals surface area contributed by atoms with Gasteiger partial charge in [0.05, 0.1) is 0 Å². The summed E-state index contributed by atoms with van der Waals surface area (Å²) in [6.07, 6.45) is 6.40. The van der Waals surface area contributed by atoms with Gasteiger partial charge in [-0.1, -0.05) is 50.1 Å². The Kier molecular flexibility index (Phi) is 5.23. The molecule has 0 aromatic rings. The first-order valence-electron chi connectivity index (χ1n) is 4.17. The van der Waals surface area contributed by atoms with Crippen LogP contribution < -0.4 is 0 Å². The van der Waals surface area contributed by atoms with E-state index in [9.17, 15) is 4.39 Å². The van der Waals surface area contributed by atoms with Crippen LogP contribution in [0.3, 0.4) is 0 Å². The van der Waals surface area contributed by atoms with Crippen molar-refractivity contribution < 1.29 is 4.39 Å². The Morgan fingerprint density at radius 2 is 1.29 bits per heavy atom. The molecular weight excluding hydrogens is 175 g/mol. The minimum Gasteiger partial charge on any atom is -0.208 e. The van der Waals surface area contributed by atoms with Crippen LogP contribution in [0.25, 0.3) is 0 Å². The summed E-state index contributed by atoms with van der Waals surface area (Å²) >= 11 is 0. The topological polar surface area (TPSA) is 0 Å². The molecule has 0 aromatic carbocycles. The maximum Gasteiger partial charge on any atom is 0.116 e. The first kappa shape index (κ1) is 12.4. The van der Waals surface area contributed by atoms with Crippen LogP contribution in [-0.2, 0) is 0 Å². The van der Waals surface area contributed by atoms with Crippen molar-refractivity contribution in [2.75, 3.05) is 0 Å². The van der Waals surface area contributed by atoms with Crippen LogP contribution in [0.4, 0.5) is 4.39 Å². The first-order chi connectivity index (χ1) is 6.43. The minimum atomic E-state index is -0.497. The van der Waals surface area contributed by atoms with Gasteiger partial charge in [-0.15, -0.1) is 0 Å². The van der Waals surface area contributed by atoms with E-state index < -0.39 is 5.83 Å². The molecule has 0 fully saturated rings. The van der Waals surface area contributed by atoms with E-state index in [2.05, 4.69) is 26.3 Å². The van der Waals surface area contributed by atoms with E-state index in [1.807, 2.05) is 13.0 Å².